The van der Waals surface area contributed by atoms with Crippen LogP contribution in [0.25, 0.3) is 0 Å². The minimum absolute atomic E-state index is 0.0635. The first-order valence-electron chi connectivity index (χ1n) is 8.44. The van der Waals surface area contributed by atoms with Gasteiger partial charge in [-0.05, 0) is 37.5 Å². The van der Waals surface area contributed by atoms with Gasteiger partial charge in [-0.3, -0.25) is 9.59 Å². The third-order valence-electron chi connectivity index (χ3n) is 4.26. The number of ether oxygens (including phenoxy) is 1. The molecule has 0 saturated carbocycles. The van der Waals surface area contributed by atoms with E-state index < -0.39 is 6.04 Å². The third kappa shape index (κ3) is 5.03. The Morgan fingerprint density at radius 3 is 2.67 bits per heavy atom. The van der Waals surface area contributed by atoms with Crippen LogP contribution in [0.2, 0.25) is 0 Å². The number of amides is 2. The molecule has 0 aromatic heterocycles. The van der Waals surface area contributed by atoms with Gasteiger partial charge in [-0.2, -0.15) is 0 Å². The highest BCUT2D eigenvalue weighted by molar-refractivity contribution is 5.87. The van der Waals surface area contributed by atoms with Crippen LogP contribution in [0.1, 0.15) is 38.7 Å². The molecule has 0 radical (unpaired) electrons. The molecule has 1 N–H and O–H groups in total. The van der Waals surface area contributed by atoms with Crippen molar-refractivity contribution in [3.05, 3.63) is 35.6 Å². The average molecular weight is 336 g/mol. The molecule has 0 bridgehead atoms. The van der Waals surface area contributed by atoms with E-state index in [9.17, 15) is 14.0 Å². The monoisotopic (exact) mass is 336 g/mol. The topological polar surface area (TPSA) is 58.6 Å². The maximum atomic E-state index is 13.0. The number of carbonyl (C=O) groups excluding carboxylic acids is 2. The highest BCUT2D eigenvalue weighted by Crippen LogP contribution is 2.13. The van der Waals surface area contributed by atoms with E-state index >= 15 is 0 Å². The Hall–Kier alpha value is -1.95. The molecule has 1 aliphatic heterocycles. The lowest BCUT2D eigenvalue weighted by molar-refractivity contribution is -0.140. The summed E-state index contributed by atoms with van der Waals surface area (Å²) >= 11 is 0. The molecule has 0 aliphatic carbocycles. The molecule has 1 aromatic rings. The zero-order valence-electron chi connectivity index (χ0n) is 14.3. The smallest absolute Gasteiger partial charge is 0.242 e. The van der Waals surface area contributed by atoms with E-state index in [0.717, 1.165) is 25.0 Å². The molecule has 5 nitrogen and oxygen atoms in total. The van der Waals surface area contributed by atoms with Crippen molar-refractivity contribution in [2.45, 2.75) is 51.8 Å². The molecule has 1 fully saturated rings. The van der Waals surface area contributed by atoms with Gasteiger partial charge in [0, 0.05) is 26.1 Å². The molecule has 2 atom stereocenters. The predicted octanol–water partition coefficient (Wildman–Crippen LogP) is 2.25. The lowest BCUT2D eigenvalue weighted by Gasteiger charge is -2.28. The molecule has 1 aliphatic rings. The Balaban J connectivity index is 1.98. The van der Waals surface area contributed by atoms with Gasteiger partial charge in [0.1, 0.15) is 11.9 Å². The molecular weight excluding hydrogens is 311 g/mol. The molecule has 6 heteroatoms. The molecule has 1 aromatic carbocycles. The summed E-state index contributed by atoms with van der Waals surface area (Å²) in [6.07, 6.45) is 2.33. The Bertz CT molecular complexity index is 556. The van der Waals surface area contributed by atoms with Crippen LogP contribution in [0.3, 0.4) is 0 Å². The fourth-order valence-corrected chi connectivity index (χ4v) is 2.74. The number of hydrogen-bond donors (Lipinski definition) is 1. The molecule has 2 amide bonds. The fraction of sp³-hybridized carbons (Fsp3) is 0.556. The van der Waals surface area contributed by atoms with Crippen LogP contribution < -0.4 is 5.32 Å². The maximum absolute atomic E-state index is 13.0. The summed E-state index contributed by atoms with van der Waals surface area (Å²) in [4.78, 5) is 26.1. The van der Waals surface area contributed by atoms with Gasteiger partial charge in [-0.25, -0.2) is 4.39 Å². The number of benzene rings is 1. The van der Waals surface area contributed by atoms with E-state index in [4.69, 9.17) is 4.74 Å². The molecule has 0 unspecified atom stereocenters. The summed E-state index contributed by atoms with van der Waals surface area (Å²) < 4.78 is 18.5. The number of nitrogens with zero attached hydrogens (tertiary/aromatic N) is 1. The van der Waals surface area contributed by atoms with E-state index in [1.54, 1.807) is 26.0 Å². The Morgan fingerprint density at radius 1 is 1.38 bits per heavy atom. The molecule has 0 spiro atoms. The lowest BCUT2D eigenvalue weighted by atomic mass is 10.1. The average Bonchev–Trinajstić information content (AvgIpc) is 3.11. The van der Waals surface area contributed by atoms with Crippen molar-refractivity contribution in [3.63, 3.8) is 0 Å². The summed E-state index contributed by atoms with van der Waals surface area (Å²) in [5.74, 6) is -0.636. The van der Waals surface area contributed by atoms with Gasteiger partial charge in [0.15, 0.2) is 0 Å². The van der Waals surface area contributed by atoms with Crippen LogP contribution in [0.15, 0.2) is 24.3 Å². The van der Waals surface area contributed by atoms with Crippen molar-refractivity contribution in [3.8, 4) is 0 Å². The lowest BCUT2D eigenvalue weighted by Crippen LogP contribution is -2.48. The van der Waals surface area contributed by atoms with Crippen LogP contribution in [0.5, 0.6) is 0 Å². The number of rotatable bonds is 7. The number of hydrogen-bond acceptors (Lipinski definition) is 3. The number of nitrogens with one attached hydrogen (secondary N) is 1. The standard InChI is InChI=1S/C18H25FN2O3/c1-3-17(22)21(12-14-6-8-15(19)9-7-14)13(2)18(23)20-11-16-5-4-10-24-16/h6-9,13,16H,3-5,10-12H2,1-2H3,(H,20,23)/t13-,16+/m1/s1. The van der Waals surface area contributed by atoms with Crippen LogP contribution in [0, 0.1) is 5.82 Å². The van der Waals surface area contributed by atoms with Crippen molar-refractivity contribution < 1.29 is 18.7 Å². The van der Waals surface area contributed by atoms with Crippen molar-refractivity contribution in [1.82, 2.24) is 10.2 Å². The van der Waals surface area contributed by atoms with Gasteiger partial charge in [-0.15, -0.1) is 0 Å². The molecule has 1 heterocycles. The van der Waals surface area contributed by atoms with Crippen molar-refractivity contribution in [2.75, 3.05) is 13.2 Å². The second-order valence-electron chi connectivity index (χ2n) is 6.06. The molecule has 132 valence electrons. The Labute approximate surface area is 142 Å². The summed E-state index contributed by atoms with van der Waals surface area (Å²) in [6.45, 7) is 4.95. The van der Waals surface area contributed by atoms with E-state index in [1.807, 2.05) is 0 Å². The van der Waals surface area contributed by atoms with Crippen LogP contribution in [-0.2, 0) is 20.9 Å². The summed E-state index contributed by atoms with van der Waals surface area (Å²) in [6, 6.07) is 5.37. The number of halogens is 1. The van der Waals surface area contributed by atoms with Crippen molar-refractivity contribution in [2.24, 2.45) is 0 Å². The van der Waals surface area contributed by atoms with Crippen molar-refractivity contribution in [1.29, 1.82) is 0 Å². The quantitative estimate of drug-likeness (QED) is 0.831. The third-order valence-corrected chi connectivity index (χ3v) is 4.26. The fourth-order valence-electron chi connectivity index (χ4n) is 2.74. The summed E-state index contributed by atoms with van der Waals surface area (Å²) in [5, 5.41) is 2.86. The first-order valence-corrected chi connectivity index (χ1v) is 8.44. The van der Waals surface area contributed by atoms with Gasteiger partial charge in [-0.1, -0.05) is 19.1 Å². The largest absolute Gasteiger partial charge is 0.376 e. The zero-order chi connectivity index (χ0) is 17.5. The van der Waals surface area contributed by atoms with E-state index in [2.05, 4.69) is 5.32 Å². The van der Waals surface area contributed by atoms with Gasteiger partial charge in [0.25, 0.3) is 0 Å². The highest BCUT2D eigenvalue weighted by atomic mass is 19.1. The Kier molecular flexibility index (Phi) is 6.73. The maximum Gasteiger partial charge on any atom is 0.242 e. The normalized spacial score (nSPS) is 18.2. The van der Waals surface area contributed by atoms with Crippen LogP contribution in [0.4, 0.5) is 4.39 Å². The Morgan fingerprint density at radius 2 is 2.08 bits per heavy atom. The van der Waals surface area contributed by atoms with Crippen LogP contribution in [-0.4, -0.2) is 42.0 Å². The summed E-state index contributed by atoms with van der Waals surface area (Å²) in [5.41, 5.74) is 0.789. The van der Waals surface area contributed by atoms with E-state index in [-0.39, 0.29) is 30.3 Å². The van der Waals surface area contributed by atoms with Gasteiger partial charge in [0.2, 0.25) is 11.8 Å². The van der Waals surface area contributed by atoms with Gasteiger partial charge in [0.05, 0.1) is 6.10 Å². The predicted molar refractivity (Wildman–Crippen MR) is 88.7 cm³/mol. The zero-order valence-corrected chi connectivity index (χ0v) is 14.3. The molecular formula is C18H25FN2O3. The second-order valence-corrected chi connectivity index (χ2v) is 6.06. The molecule has 2 rings (SSSR count). The molecule has 24 heavy (non-hydrogen) atoms. The van der Waals surface area contributed by atoms with Gasteiger partial charge >= 0.3 is 0 Å². The van der Waals surface area contributed by atoms with E-state index in [0.29, 0.717) is 13.0 Å². The second kappa shape index (κ2) is 8.78. The highest BCUT2D eigenvalue weighted by Gasteiger charge is 2.26. The van der Waals surface area contributed by atoms with Crippen LogP contribution >= 0.6 is 0 Å². The SMILES string of the molecule is CCC(=O)N(Cc1ccc(F)cc1)[C@H](C)C(=O)NC[C@@H]1CCCO1. The minimum atomic E-state index is -0.594. The summed E-state index contributed by atoms with van der Waals surface area (Å²) in [7, 11) is 0. The van der Waals surface area contributed by atoms with Crippen molar-refractivity contribution >= 4 is 11.8 Å². The van der Waals surface area contributed by atoms with Gasteiger partial charge < -0.3 is 15.0 Å². The first kappa shape index (κ1) is 18.4. The van der Waals surface area contributed by atoms with E-state index in [1.165, 1.54) is 17.0 Å². The first-order chi connectivity index (χ1) is 11.5. The minimum Gasteiger partial charge on any atom is -0.376 e. The molecule has 1 saturated heterocycles. The number of carbonyl (C=O) groups is 2.